The van der Waals surface area contributed by atoms with Crippen LogP contribution in [-0.2, 0) is 25.7 Å². The van der Waals surface area contributed by atoms with Gasteiger partial charge in [-0.25, -0.2) is 0 Å². The first-order valence-electron chi connectivity index (χ1n) is 8.49. The summed E-state index contributed by atoms with van der Waals surface area (Å²) in [6.07, 6.45) is 0.544. The lowest BCUT2D eigenvalue weighted by Crippen LogP contribution is -2.59. The van der Waals surface area contributed by atoms with Crippen molar-refractivity contribution in [3.05, 3.63) is 48.0 Å². The van der Waals surface area contributed by atoms with Crippen molar-refractivity contribution in [3.63, 3.8) is 0 Å². The first-order chi connectivity index (χ1) is 12.4. The Bertz CT molecular complexity index is 632. The third-order valence-electron chi connectivity index (χ3n) is 4.22. The topological polar surface area (TPSA) is 96.3 Å². The second kappa shape index (κ2) is 9.47. The van der Waals surface area contributed by atoms with Gasteiger partial charge in [0.05, 0.1) is 13.2 Å². The largest absolute Gasteiger partial charge is 0.457 e. The van der Waals surface area contributed by atoms with Gasteiger partial charge in [-0.05, 0) is 5.56 Å². The van der Waals surface area contributed by atoms with E-state index in [0.29, 0.717) is 13.2 Å². The van der Waals surface area contributed by atoms with Crippen LogP contribution in [0.4, 0.5) is 0 Å². The number of benzene rings is 1. The van der Waals surface area contributed by atoms with Crippen LogP contribution in [0.15, 0.2) is 42.5 Å². The molecule has 0 bridgehead atoms. The highest BCUT2D eigenvalue weighted by Gasteiger charge is 2.42. The van der Waals surface area contributed by atoms with Crippen molar-refractivity contribution in [2.24, 2.45) is 0 Å². The smallest absolute Gasteiger partial charge is 0.303 e. The third kappa shape index (κ3) is 5.14. The highest BCUT2D eigenvalue weighted by atomic mass is 16.6. The van der Waals surface area contributed by atoms with E-state index < -0.39 is 36.9 Å². The van der Waals surface area contributed by atoms with E-state index in [9.17, 15) is 19.8 Å². The molecule has 2 rings (SSSR count). The van der Waals surface area contributed by atoms with E-state index in [1.54, 1.807) is 12.2 Å². The molecule has 1 amide bonds. The average molecular weight is 363 g/mol. The maximum absolute atomic E-state index is 12.1. The average Bonchev–Trinajstić information content (AvgIpc) is 2.64. The minimum Gasteiger partial charge on any atom is -0.457 e. The standard InChI is InChI=1S/C19H25NO6/c1-13(22)20-10-6-9-17(25-12-15-7-4-3-5-8-15)18(20)19(16(24)11-21)26-14(2)23/h3-9,16-19,21,24H,10-12H2,1-2H3/t16-,17-,18-,19-/m1/s1. The lowest BCUT2D eigenvalue weighted by molar-refractivity contribution is -0.171. The number of amides is 1. The molecular formula is C19H25NO6. The van der Waals surface area contributed by atoms with E-state index in [1.807, 2.05) is 30.3 Å². The number of carbonyl (C=O) groups is 2. The molecule has 0 fully saturated rings. The zero-order valence-corrected chi connectivity index (χ0v) is 14.9. The first-order valence-corrected chi connectivity index (χ1v) is 8.49. The van der Waals surface area contributed by atoms with E-state index in [2.05, 4.69) is 0 Å². The zero-order chi connectivity index (χ0) is 19.1. The van der Waals surface area contributed by atoms with Crippen LogP contribution in [-0.4, -0.2) is 64.5 Å². The SMILES string of the molecule is CC(=O)O[C@@H]([C@H]1[C@H](OCc2ccccc2)C=CCN1C(C)=O)[C@H](O)CO. The van der Waals surface area contributed by atoms with Gasteiger partial charge in [-0.2, -0.15) is 0 Å². The molecule has 2 N–H and O–H groups in total. The van der Waals surface area contributed by atoms with Crippen LogP contribution in [0, 0.1) is 0 Å². The zero-order valence-electron chi connectivity index (χ0n) is 14.9. The summed E-state index contributed by atoms with van der Waals surface area (Å²) in [5.41, 5.74) is 0.950. The van der Waals surface area contributed by atoms with Crippen LogP contribution in [0.3, 0.4) is 0 Å². The second-order valence-corrected chi connectivity index (χ2v) is 6.18. The van der Waals surface area contributed by atoms with Crippen LogP contribution >= 0.6 is 0 Å². The summed E-state index contributed by atoms with van der Waals surface area (Å²) in [4.78, 5) is 25.1. The number of ether oxygens (including phenoxy) is 2. The number of hydrogen-bond acceptors (Lipinski definition) is 6. The van der Waals surface area contributed by atoms with Crippen molar-refractivity contribution in [1.82, 2.24) is 4.90 Å². The van der Waals surface area contributed by atoms with Crippen LogP contribution in [0.5, 0.6) is 0 Å². The Morgan fingerprint density at radius 2 is 1.96 bits per heavy atom. The number of esters is 1. The fourth-order valence-corrected chi connectivity index (χ4v) is 3.02. The molecule has 1 heterocycles. The van der Waals surface area contributed by atoms with Gasteiger partial charge in [-0.3, -0.25) is 9.59 Å². The Balaban J connectivity index is 2.26. The number of hydrogen-bond donors (Lipinski definition) is 2. The second-order valence-electron chi connectivity index (χ2n) is 6.18. The van der Waals surface area contributed by atoms with E-state index >= 15 is 0 Å². The normalized spacial score (nSPS) is 21.9. The Labute approximate surface area is 152 Å². The minimum absolute atomic E-state index is 0.241. The summed E-state index contributed by atoms with van der Waals surface area (Å²) < 4.78 is 11.2. The summed E-state index contributed by atoms with van der Waals surface area (Å²) in [6.45, 7) is 2.61. The van der Waals surface area contributed by atoms with Gasteiger partial charge < -0.3 is 24.6 Å². The highest BCUT2D eigenvalue weighted by Crippen LogP contribution is 2.24. The number of aliphatic hydroxyl groups excluding tert-OH is 2. The molecule has 4 atom stereocenters. The maximum atomic E-state index is 12.1. The maximum Gasteiger partial charge on any atom is 0.303 e. The monoisotopic (exact) mass is 363 g/mol. The molecule has 0 saturated heterocycles. The molecule has 1 aliphatic heterocycles. The van der Waals surface area contributed by atoms with Gasteiger partial charge in [0.1, 0.15) is 18.2 Å². The van der Waals surface area contributed by atoms with Crippen LogP contribution in [0.25, 0.3) is 0 Å². The lowest BCUT2D eigenvalue weighted by Gasteiger charge is -2.42. The predicted molar refractivity (Wildman–Crippen MR) is 94.0 cm³/mol. The Hall–Kier alpha value is -2.22. The van der Waals surface area contributed by atoms with Gasteiger partial charge in [0.25, 0.3) is 0 Å². The number of nitrogens with zero attached hydrogens (tertiary/aromatic N) is 1. The molecule has 1 aromatic carbocycles. The molecule has 0 spiro atoms. The van der Waals surface area contributed by atoms with Crippen molar-refractivity contribution >= 4 is 11.9 Å². The van der Waals surface area contributed by atoms with Crippen LogP contribution in [0.2, 0.25) is 0 Å². The van der Waals surface area contributed by atoms with E-state index in [4.69, 9.17) is 9.47 Å². The third-order valence-corrected chi connectivity index (χ3v) is 4.22. The van der Waals surface area contributed by atoms with E-state index in [-0.39, 0.29) is 5.91 Å². The van der Waals surface area contributed by atoms with Gasteiger partial charge in [0, 0.05) is 20.4 Å². The predicted octanol–water partition coefficient (Wildman–Crippen LogP) is 0.644. The molecule has 1 aromatic rings. The molecule has 142 valence electrons. The molecule has 0 aliphatic carbocycles. The lowest BCUT2D eigenvalue weighted by atomic mass is 9.94. The molecule has 0 saturated carbocycles. The van der Waals surface area contributed by atoms with Crippen LogP contribution in [0.1, 0.15) is 19.4 Å². The number of rotatable bonds is 7. The molecule has 0 unspecified atom stereocenters. The molecule has 0 aromatic heterocycles. The fourth-order valence-electron chi connectivity index (χ4n) is 3.02. The number of aliphatic hydroxyl groups is 2. The highest BCUT2D eigenvalue weighted by molar-refractivity contribution is 5.74. The van der Waals surface area contributed by atoms with Crippen molar-refractivity contribution < 1.29 is 29.3 Å². The van der Waals surface area contributed by atoms with Gasteiger partial charge >= 0.3 is 5.97 Å². The molecule has 7 nitrogen and oxygen atoms in total. The van der Waals surface area contributed by atoms with Gasteiger partial charge in [-0.15, -0.1) is 0 Å². The fraction of sp³-hybridized carbons (Fsp3) is 0.474. The molecule has 0 radical (unpaired) electrons. The quantitative estimate of drug-likeness (QED) is 0.545. The summed E-state index contributed by atoms with van der Waals surface area (Å²) >= 11 is 0. The molecule has 26 heavy (non-hydrogen) atoms. The minimum atomic E-state index is -1.33. The summed E-state index contributed by atoms with van der Waals surface area (Å²) in [7, 11) is 0. The van der Waals surface area contributed by atoms with Gasteiger partial charge in [0.2, 0.25) is 5.91 Å². The summed E-state index contributed by atoms with van der Waals surface area (Å²) in [6, 6.07) is 8.77. The van der Waals surface area contributed by atoms with E-state index in [0.717, 1.165) is 5.56 Å². The molecule has 7 heteroatoms. The summed E-state index contributed by atoms with van der Waals surface area (Å²) in [5.74, 6) is -0.850. The Morgan fingerprint density at radius 3 is 2.54 bits per heavy atom. The van der Waals surface area contributed by atoms with Crippen molar-refractivity contribution in [3.8, 4) is 0 Å². The van der Waals surface area contributed by atoms with E-state index in [1.165, 1.54) is 18.7 Å². The Kier molecular flexibility index (Phi) is 7.32. The molecular weight excluding hydrogens is 338 g/mol. The summed E-state index contributed by atoms with van der Waals surface area (Å²) in [5, 5.41) is 19.5. The van der Waals surface area contributed by atoms with Gasteiger partial charge in [-0.1, -0.05) is 42.5 Å². The first kappa shape index (κ1) is 20.1. The number of carbonyl (C=O) groups excluding carboxylic acids is 2. The van der Waals surface area contributed by atoms with Crippen molar-refractivity contribution in [1.29, 1.82) is 0 Å². The Morgan fingerprint density at radius 1 is 1.27 bits per heavy atom. The van der Waals surface area contributed by atoms with Crippen molar-refractivity contribution in [2.45, 2.75) is 44.8 Å². The molecule has 1 aliphatic rings. The van der Waals surface area contributed by atoms with Crippen molar-refractivity contribution in [2.75, 3.05) is 13.2 Å². The van der Waals surface area contributed by atoms with Crippen LogP contribution < -0.4 is 0 Å². The van der Waals surface area contributed by atoms with Gasteiger partial charge in [0.15, 0.2) is 6.10 Å².